The second-order valence-electron chi connectivity index (χ2n) is 4.66. The summed E-state index contributed by atoms with van der Waals surface area (Å²) in [5, 5.41) is 2.71. The molecule has 0 fully saturated rings. The number of benzene rings is 1. The Balaban J connectivity index is 2.27. The Morgan fingerprint density at radius 3 is 2.76 bits per heavy atom. The monoisotopic (exact) mass is 371 g/mol. The van der Waals surface area contributed by atoms with E-state index in [0.29, 0.717) is 16.0 Å². The molecule has 0 bridgehead atoms. The van der Waals surface area contributed by atoms with Crippen LogP contribution in [0.2, 0.25) is 5.02 Å². The summed E-state index contributed by atoms with van der Waals surface area (Å²) in [5.41, 5.74) is 0.389. The van der Waals surface area contributed by atoms with Crippen molar-refractivity contribution in [3.05, 3.63) is 51.2 Å². The molecule has 0 spiro atoms. The normalized spacial score (nSPS) is 10.8. The number of hydrogen-bond donors (Lipinski definition) is 1. The summed E-state index contributed by atoms with van der Waals surface area (Å²) >= 11 is 9.00. The molecule has 110 valence electrons. The van der Waals surface area contributed by atoms with Gasteiger partial charge in [-0.3, -0.25) is 4.79 Å². The average molecular weight is 373 g/mol. The first-order valence-electron chi connectivity index (χ1n) is 6.17. The van der Waals surface area contributed by atoms with Crippen LogP contribution in [0.1, 0.15) is 36.1 Å². The average Bonchev–Trinajstić information content (AvgIpc) is 2.43. The number of anilines is 1. The van der Waals surface area contributed by atoms with Gasteiger partial charge in [0.05, 0.1) is 15.7 Å². The lowest BCUT2D eigenvalue weighted by molar-refractivity contribution is 0.102. The van der Waals surface area contributed by atoms with E-state index in [0.717, 1.165) is 0 Å². The molecule has 1 aromatic carbocycles. The number of carbonyl (C=O) groups is 1. The van der Waals surface area contributed by atoms with Crippen molar-refractivity contribution in [3.63, 3.8) is 0 Å². The lowest BCUT2D eigenvalue weighted by Crippen LogP contribution is -2.16. The molecule has 4 nitrogen and oxygen atoms in total. The van der Waals surface area contributed by atoms with Gasteiger partial charge in [-0.05, 0) is 34.1 Å². The smallest absolute Gasteiger partial charge is 0.275 e. The number of carbonyl (C=O) groups excluding carboxylic acids is 1. The SMILES string of the molecule is CC(C)c1ncc(Cl)c(C(=O)Nc2ccc(Br)c(F)c2)n1. The van der Waals surface area contributed by atoms with E-state index in [4.69, 9.17) is 11.6 Å². The Morgan fingerprint density at radius 1 is 1.43 bits per heavy atom. The largest absolute Gasteiger partial charge is 0.321 e. The van der Waals surface area contributed by atoms with Gasteiger partial charge in [0.25, 0.3) is 5.91 Å². The van der Waals surface area contributed by atoms with Crippen molar-refractivity contribution in [1.29, 1.82) is 0 Å². The first kappa shape index (κ1) is 15.9. The summed E-state index contributed by atoms with van der Waals surface area (Å²) in [4.78, 5) is 20.4. The maximum atomic E-state index is 13.4. The predicted molar refractivity (Wildman–Crippen MR) is 83.2 cm³/mol. The Morgan fingerprint density at radius 2 is 2.14 bits per heavy atom. The third-order valence-electron chi connectivity index (χ3n) is 2.67. The van der Waals surface area contributed by atoms with Gasteiger partial charge in [-0.2, -0.15) is 0 Å². The first-order valence-corrected chi connectivity index (χ1v) is 7.34. The summed E-state index contributed by atoms with van der Waals surface area (Å²) in [7, 11) is 0. The van der Waals surface area contributed by atoms with E-state index in [2.05, 4.69) is 31.2 Å². The molecular weight excluding hydrogens is 361 g/mol. The third-order valence-corrected chi connectivity index (χ3v) is 3.59. The summed E-state index contributed by atoms with van der Waals surface area (Å²) in [6, 6.07) is 4.29. The summed E-state index contributed by atoms with van der Waals surface area (Å²) < 4.78 is 13.8. The van der Waals surface area contributed by atoms with Crippen molar-refractivity contribution in [2.24, 2.45) is 0 Å². The Bertz CT molecular complexity index is 694. The zero-order valence-electron chi connectivity index (χ0n) is 11.3. The predicted octanol–water partition coefficient (Wildman–Crippen LogP) is 4.41. The van der Waals surface area contributed by atoms with E-state index in [-0.39, 0.29) is 16.6 Å². The lowest BCUT2D eigenvalue weighted by atomic mass is 10.2. The maximum Gasteiger partial charge on any atom is 0.275 e. The van der Waals surface area contributed by atoms with Crippen LogP contribution in [0, 0.1) is 5.82 Å². The Labute approximate surface area is 134 Å². The van der Waals surface area contributed by atoms with Crippen LogP contribution < -0.4 is 5.32 Å². The van der Waals surface area contributed by atoms with Crippen LogP contribution in [0.4, 0.5) is 10.1 Å². The molecule has 2 aromatic rings. The molecule has 0 unspecified atom stereocenters. The highest BCUT2D eigenvalue weighted by molar-refractivity contribution is 9.10. The van der Waals surface area contributed by atoms with Crippen LogP contribution in [0.3, 0.4) is 0 Å². The molecule has 0 radical (unpaired) electrons. The van der Waals surface area contributed by atoms with Gasteiger partial charge in [0.2, 0.25) is 0 Å². The van der Waals surface area contributed by atoms with E-state index in [1.165, 1.54) is 18.3 Å². The maximum absolute atomic E-state index is 13.4. The lowest BCUT2D eigenvalue weighted by Gasteiger charge is -2.09. The number of amides is 1. The molecule has 0 saturated carbocycles. The highest BCUT2D eigenvalue weighted by Crippen LogP contribution is 2.21. The first-order chi connectivity index (χ1) is 9.88. The standard InChI is InChI=1S/C14H12BrClFN3O/c1-7(2)13-18-6-10(16)12(20-13)14(21)19-8-3-4-9(15)11(17)5-8/h3-7H,1-2H3,(H,19,21). The number of rotatable bonds is 3. The van der Waals surface area contributed by atoms with Gasteiger partial charge in [-0.15, -0.1) is 0 Å². The number of hydrogen-bond acceptors (Lipinski definition) is 3. The van der Waals surface area contributed by atoms with E-state index >= 15 is 0 Å². The fraction of sp³-hybridized carbons (Fsp3) is 0.214. The molecule has 1 amide bonds. The topological polar surface area (TPSA) is 54.9 Å². The Hall–Kier alpha value is -1.53. The van der Waals surface area contributed by atoms with Crippen molar-refractivity contribution in [1.82, 2.24) is 9.97 Å². The highest BCUT2D eigenvalue weighted by Gasteiger charge is 2.16. The van der Waals surface area contributed by atoms with Crippen molar-refractivity contribution in [2.75, 3.05) is 5.32 Å². The zero-order chi connectivity index (χ0) is 15.6. The Kier molecular flexibility index (Phi) is 4.90. The molecule has 21 heavy (non-hydrogen) atoms. The van der Waals surface area contributed by atoms with E-state index in [9.17, 15) is 9.18 Å². The van der Waals surface area contributed by atoms with Crippen molar-refractivity contribution in [2.45, 2.75) is 19.8 Å². The molecule has 1 N–H and O–H groups in total. The van der Waals surface area contributed by atoms with Gasteiger partial charge < -0.3 is 5.32 Å². The van der Waals surface area contributed by atoms with E-state index < -0.39 is 11.7 Å². The third kappa shape index (κ3) is 3.77. The molecule has 2 rings (SSSR count). The van der Waals surface area contributed by atoms with Gasteiger partial charge in [0.1, 0.15) is 11.6 Å². The molecule has 0 aliphatic rings. The molecule has 0 aliphatic heterocycles. The number of aromatic nitrogens is 2. The number of halogens is 3. The van der Waals surface area contributed by atoms with Crippen molar-refractivity contribution < 1.29 is 9.18 Å². The van der Waals surface area contributed by atoms with Gasteiger partial charge in [0, 0.05) is 11.6 Å². The van der Waals surface area contributed by atoms with Gasteiger partial charge in [-0.25, -0.2) is 14.4 Å². The fourth-order valence-corrected chi connectivity index (χ4v) is 2.01. The minimum atomic E-state index is -0.508. The van der Waals surface area contributed by atoms with E-state index in [1.54, 1.807) is 6.07 Å². The van der Waals surface area contributed by atoms with Gasteiger partial charge in [0.15, 0.2) is 5.69 Å². The van der Waals surface area contributed by atoms with E-state index in [1.807, 2.05) is 13.8 Å². The minimum absolute atomic E-state index is 0.0682. The fourth-order valence-electron chi connectivity index (χ4n) is 1.58. The van der Waals surface area contributed by atoms with Crippen LogP contribution in [0.25, 0.3) is 0 Å². The summed E-state index contributed by atoms with van der Waals surface area (Å²) in [5.74, 6) is -0.388. The van der Waals surface area contributed by atoms with Gasteiger partial charge >= 0.3 is 0 Å². The van der Waals surface area contributed by atoms with Crippen molar-refractivity contribution >= 4 is 39.1 Å². The highest BCUT2D eigenvalue weighted by atomic mass is 79.9. The summed E-state index contributed by atoms with van der Waals surface area (Å²) in [6.45, 7) is 3.82. The summed E-state index contributed by atoms with van der Waals surface area (Å²) in [6.07, 6.45) is 1.39. The molecule has 1 aromatic heterocycles. The van der Waals surface area contributed by atoms with Gasteiger partial charge in [-0.1, -0.05) is 25.4 Å². The minimum Gasteiger partial charge on any atom is -0.321 e. The zero-order valence-corrected chi connectivity index (χ0v) is 13.7. The quantitative estimate of drug-likeness (QED) is 0.868. The molecule has 0 aliphatic carbocycles. The second kappa shape index (κ2) is 6.49. The van der Waals surface area contributed by atoms with Crippen LogP contribution in [-0.4, -0.2) is 15.9 Å². The van der Waals surface area contributed by atoms with Crippen LogP contribution in [0.15, 0.2) is 28.9 Å². The van der Waals surface area contributed by atoms with Crippen LogP contribution >= 0.6 is 27.5 Å². The molecule has 1 heterocycles. The molecule has 7 heteroatoms. The van der Waals surface area contributed by atoms with Crippen molar-refractivity contribution in [3.8, 4) is 0 Å². The molecule has 0 atom stereocenters. The van der Waals surface area contributed by atoms with Crippen LogP contribution in [0.5, 0.6) is 0 Å². The number of nitrogens with zero attached hydrogens (tertiary/aromatic N) is 2. The molecular formula is C14H12BrClFN3O. The van der Waals surface area contributed by atoms with Crippen LogP contribution in [-0.2, 0) is 0 Å². The molecule has 0 saturated heterocycles. The second-order valence-corrected chi connectivity index (χ2v) is 5.92. The number of nitrogens with one attached hydrogen (secondary N) is 1.